The Morgan fingerprint density at radius 2 is 2.11 bits per heavy atom. The molecule has 0 aliphatic heterocycles. The molecule has 1 unspecified atom stereocenters. The maximum Gasteiger partial charge on any atom is 0.238 e. The first-order valence-corrected chi connectivity index (χ1v) is 6.63. The van der Waals surface area contributed by atoms with E-state index in [-0.39, 0.29) is 0 Å². The van der Waals surface area contributed by atoms with Gasteiger partial charge < -0.3 is 9.84 Å². The van der Waals surface area contributed by atoms with Gasteiger partial charge in [-0.2, -0.15) is 5.10 Å². The molecule has 0 saturated heterocycles. The van der Waals surface area contributed by atoms with Crippen LogP contribution < -0.4 is 4.74 Å². The van der Waals surface area contributed by atoms with E-state index in [1.807, 2.05) is 14.0 Å². The highest BCUT2D eigenvalue weighted by Crippen LogP contribution is 2.30. The van der Waals surface area contributed by atoms with Crippen molar-refractivity contribution in [2.45, 2.75) is 19.6 Å². The Balaban J connectivity index is 2.41. The summed E-state index contributed by atoms with van der Waals surface area (Å²) in [6, 6.07) is 0. The first-order chi connectivity index (χ1) is 8.56. The van der Waals surface area contributed by atoms with Crippen molar-refractivity contribution in [1.29, 1.82) is 0 Å². The standard InChI is InChI=1S/C11H15IN4O2/c1-4-16-6-8(11(14-16)18-3)9(17)7-5-15(2)13-10(7)12/h5-6,9,17H,4H2,1-3H3. The molecule has 2 heterocycles. The zero-order valence-corrected chi connectivity index (χ0v) is 12.6. The quantitative estimate of drug-likeness (QED) is 0.834. The largest absolute Gasteiger partial charge is 0.480 e. The van der Waals surface area contributed by atoms with E-state index in [9.17, 15) is 5.11 Å². The van der Waals surface area contributed by atoms with Crippen molar-refractivity contribution in [2.75, 3.05) is 7.11 Å². The van der Waals surface area contributed by atoms with Gasteiger partial charge >= 0.3 is 0 Å². The molecule has 0 bridgehead atoms. The number of nitrogens with zero attached hydrogens (tertiary/aromatic N) is 4. The average Bonchev–Trinajstić information content (AvgIpc) is 2.91. The SMILES string of the molecule is CCn1cc(C(O)c2cn(C)nc2I)c(OC)n1. The van der Waals surface area contributed by atoms with Crippen LogP contribution in [0.3, 0.4) is 0 Å². The number of halogens is 1. The number of hydrogen-bond donors (Lipinski definition) is 1. The number of methoxy groups -OCH3 is 1. The summed E-state index contributed by atoms with van der Waals surface area (Å²) >= 11 is 2.10. The normalized spacial score (nSPS) is 12.7. The van der Waals surface area contributed by atoms with E-state index in [0.717, 1.165) is 15.8 Å². The first-order valence-electron chi connectivity index (χ1n) is 5.55. The molecule has 0 fully saturated rings. The molecule has 0 aromatic carbocycles. The first kappa shape index (κ1) is 13.3. The zero-order chi connectivity index (χ0) is 13.3. The van der Waals surface area contributed by atoms with E-state index in [0.29, 0.717) is 11.4 Å². The average molecular weight is 362 g/mol. The lowest BCUT2D eigenvalue weighted by molar-refractivity contribution is 0.213. The Bertz CT molecular complexity index is 549. The Morgan fingerprint density at radius 3 is 2.61 bits per heavy atom. The van der Waals surface area contributed by atoms with Gasteiger partial charge in [-0.15, -0.1) is 5.10 Å². The molecule has 0 aliphatic carbocycles. The van der Waals surface area contributed by atoms with Crippen LogP contribution in [0.15, 0.2) is 12.4 Å². The summed E-state index contributed by atoms with van der Waals surface area (Å²) < 4.78 is 9.38. The fourth-order valence-electron chi connectivity index (χ4n) is 1.76. The van der Waals surface area contributed by atoms with Crippen LogP contribution in [-0.4, -0.2) is 31.8 Å². The van der Waals surface area contributed by atoms with E-state index in [4.69, 9.17) is 4.74 Å². The van der Waals surface area contributed by atoms with Crippen molar-refractivity contribution in [3.05, 3.63) is 27.2 Å². The minimum absolute atomic E-state index is 0.448. The van der Waals surface area contributed by atoms with Gasteiger partial charge in [0.05, 0.1) is 12.7 Å². The highest BCUT2D eigenvalue weighted by atomic mass is 127. The highest BCUT2D eigenvalue weighted by molar-refractivity contribution is 14.1. The van der Waals surface area contributed by atoms with E-state index in [1.165, 1.54) is 0 Å². The minimum Gasteiger partial charge on any atom is -0.480 e. The lowest BCUT2D eigenvalue weighted by Gasteiger charge is -2.08. The molecule has 1 atom stereocenters. The molecule has 2 aromatic rings. The second-order valence-corrected chi connectivity index (χ2v) is 4.92. The Labute approximate surface area is 119 Å². The fourth-order valence-corrected chi connectivity index (χ4v) is 2.53. The zero-order valence-electron chi connectivity index (χ0n) is 10.5. The monoisotopic (exact) mass is 362 g/mol. The van der Waals surface area contributed by atoms with Crippen LogP contribution in [0.2, 0.25) is 0 Å². The van der Waals surface area contributed by atoms with E-state index in [2.05, 4.69) is 32.8 Å². The van der Waals surface area contributed by atoms with Gasteiger partial charge in [0.15, 0.2) is 0 Å². The van der Waals surface area contributed by atoms with Gasteiger partial charge in [-0.1, -0.05) is 0 Å². The van der Waals surface area contributed by atoms with Gasteiger partial charge in [-0.25, -0.2) is 0 Å². The van der Waals surface area contributed by atoms with Gasteiger partial charge in [0.1, 0.15) is 9.80 Å². The Kier molecular flexibility index (Phi) is 3.91. The second-order valence-electron chi connectivity index (χ2n) is 3.90. The number of hydrogen-bond acceptors (Lipinski definition) is 4. The Hall–Kier alpha value is -1.09. The summed E-state index contributed by atoms with van der Waals surface area (Å²) in [6.45, 7) is 2.71. The summed E-state index contributed by atoms with van der Waals surface area (Å²) in [6.07, 6.45) is 2.82. The molecule has 6 nitrogen and oxygen atoms in total. The van der Waals surface area contributed by atoms with E-state index < -0.39 is 6.10 Å². The molecule has 1 N–H and O–H groups in total. The molecular weight excluding hydrogens is 347 g/mol. The van der Waals surface area contributed by atoms with Crippen LogP contribution in [0, 0.1) is 3.70 Å². The summed E-state index contributed by atoms with van der Waals surface area (Å²) in [5, 5.41) is 18.9. The number of aryl methyl sites for hydroxylation is 2. The molecule has 0 spiro atoms. The lowest BCUT2D eigenvalue weighted by Crippen LogP contribution is -2.01. The van der Waals surface area contributed by atoms with Gasteiger partial charge in [0.2, 0.25) is 5.88 Å². The third-order valence-electron chi connectivity index (χ3n) is 2.67. The number of ether oxygens (including phenoxy) is 1. The van der Waals surface area contributed by atoms with Gasteiger partial charge in [-0.05, 0) is 29.5 Å². The van der Waals surface area contributed by atoms with Crippen molar-refractivity contribution in [3.8, 4) is 5.88 Å². The van der Waals surface area contributed by atoms with Crippen LogP contribution >= 0.6 is 22.6 Å². The van der Waals surface area contributed by atoms with Gasteiger partial charge in [0, 0.05) is 31.5 Å². The predicted molar refractivity (Wildman–Crippen MR) is 74.4 cm³/mol. The van der Waals surface area contributed by atoms with Crippen LogP contribution in [0.25, 0.3) is 0 Å². The summed E-state index contributed by atoms with van der Waals surface area (Å²) in [5.74, 6) is 0.448. The maximum absolute atomic E-state index is 10.4. The molecule has 2 rings (SSSR count). The molecule has 2 aromatic heterocycles. The van der Waals surface area contributed by atoms with E-state index in [1.54, 1.807) is 28.9 Å². The lowest BCUT2D eigenvalue weighted by atomic mass is 10.1. The number of aliphatic hydroxyl groups excluding tert-OH is 1. The van der Waals surface area contributed by atoms with Crippen molar-refractivity contribution < 1.29 is 9.84 Å². The topological polar surface area (TPSA) is 65.1 Å². The fraction of sp³-hybridized carbons (Fsp3) is 0.455. The molecule has 18 heavy (non-hydrogen) atoms. The summed E-state index contributed by atoms with van der Waals surface area (Å²) in [5.41, 5.74) is 1.41. The third kappa shape index (κ3) is 2.37. The molecule has 0 saturated carbocycles. The van der Waals surface area contributed by atoms with Crippen molar-refractivity contribution in [2.24, 2.45) is 7.05 Å². The smallest absolute Gasteiger partial charge is 0.238 e. The summed E-state index contributed by atoms with van der Waals surface area (Å²) in [4.78, 5) is 0. The second kappa shape index (κ2) is 5.27. The van der Waals surface area contributed by atoms with Crippen molar-refractivity contribution in [3.63, 3.8) is 0 Å². The van der Waals surface area contributed by atoms with Crippen molar-refractivity contribution >= 4 is 22.6 Å². The van der Waals surface area contributed by atoms with Crippen LogP contribution in [0.4, 0.5) is 0 Å². The molecule has 0 radical (unpaired) electrons. The molecule has 0 amide bonds. The number of aromatic nitrogens is 4. The predicted octanol–water partition coefficient (Wildman–Crippen LogP) is 1.33. The highest BCUT2D eigenvalue weighted by Gasteiger charge is 2.23. The van der Waals surface area contributed by atoms with Crippen LogP contribution in [0.5, 0.6) is 5.88 Å². The van der Waals surface area contributed by atoms with Gasteiger partial charge in [-0.3, -0.25) is 9.36 Å². The van der Waals surface area contributed by atoms with Crippen molar-refractivity contribution in [1.82, 2.24) is 19.6 Å². The minimum atomic E-state index is -0.777. The maximum atomic E-state index is 10.4. The summed E-state index contributed by atoms with van der Waals surface area (Å²) in [7, 11) is 3.37. The van der Waals surface area contributed by atoms with Crippen LogP contribution in [-0.2, 0) is 13.6 Å². The number of rotatable bonds is 4. The number of aliphatic hydroxyl groups is 1. The third-order valence-corrected chi connectivity index (χ3v) is 3.51. The molecule has 7 heteroatoms. The van der Waals surface area contributed by atoms with E-state index >= 15 is 0 Å². The molecule has 0 aliphatic rings. The van der Waals surface area contributed by atoms with Crippen LogP contribution in [0.1, 0.15) is 24.2 Å². The Morgan fingerprint density at radius 1 is 1.39 bits per heavy atom. The molecular formula is C11H15IN4O2. The van der Waals surface area contributed by atoms with Gasteiger partial charge in [0.25, 0.3) is 0 Å². The molecule has 98 valence electrons.